The average Bonchev–Trinajstić information content (AvgIpc) is 2.28. The molecule has 18 heavy (non-hydrogen) atoms. The van der Waals surface area contributed by atoms with Crippen LogP contribution in [0, 0.1) is 5.41 Å². The lowest BCUT2D eigenvalue weighted by Crippen LogP contribution is -2.55. The topological polar surface area (TPSA) is 15.3 Å². The summed E-state index contributed by atoms with van der Waals surface area (Å²) in [4.78, 5) is 2.51. The van der Waals surface area contributed by atoms with Gasteiger partial charge in [0.2, 0.25) is 0 Å². The Kier molecular flexibility index (Phi) is 4.31. The summed E-state index contributed by atoms with van der Waals surface area (Å²) in [6.45, 7) is 11.2. The lowest BCUT2D eigenvalue weighted by Gasteiger charge is -2.40. The molecule has 0 spiro atoms. The first-order chi connectivity index (χ1) is 8.45. The second-order valence-corrected chi connectivity index (χ2v) is 6.67. The highest BCUT2D eigenvalue weighted by Gasteiger charge is 2.29. The maximum atomic E-state index is 6.03. The first kappa shape index (κ1) is 13.9. The maximum absolute atomic E-state index is 6.03. The zero-order valence-corrected chi connectivity index (χ0v) is 12.3. The summed E-state index contributed by atoms with van der Waals surface area (Å²) in [5, 5.41) is 4.45. The van der Waals surface area contributed by atoms with E-state index in [0.29, 0.717) is 11.5 Å². The smallest absolute Gasteiger partial charge is 0.0409 e. The van der Waals surface area contributed by atoms with Crippen molar-refractivity contribution in [1.82, 2.24) is 10.2 Å². The summed E-state index contributed by atoms with van der Waals surface area (Å²) in [5.41, 5.74) is 1.62. The van der Waals surface area contributed by atoms with E-state index in [4.69, 9.17) is 11.6 Å². The van der Waals surface area contributed by atoms with Crippen molar-refractivity contribution in [3.8, 4) is 0 Å². The fourth-order valence-corrected chi connectivity index (χ4v) is 2.64. The molecule has 0 radical (unpaired) electrons. The zero-order chi connectivity index (χ0) is 13.2. The van der Waals surface area contributed by atoms with Crippen molar-refractivity contribution >= 4 is 11.6 Å². The molecule has 1 fully saturated rings. The van der Waals surface area contributed by atoms with Gasteiger partial charge in [-0.2, -0.15) is 0 Å². The lowest BCUT2D eigenvalue weighted by molar-refractivity contribution is 0.129. The first-order valence-corrected chi connectivity index (χ1v) is 7.03. The van der Waals surface area contributed by atoms with Crippen molar-refractivity contribution in [2.45, 2.75) is 33.4 Å². The molecule has 1 N–H and O–H groups in total. The van der Waals surface area contributed by atoms with Gasteiger partial charge in [-0.3, -0.25) is 4.90 Å². The van der Waals surface area contributed by atoms with E-state index in [9.17, 15) is 0 Å². The quantitative estimate of drug-likeness (QED) is 0.885. The summed E-state index contributed by atoms with van der Waals surface area (Å²) in [6, 6.07) is 8.74. The van der Waals surface area contributed by atoms with Crippen LogP contribution in [-0.4, -0.2) is 30.6 Å². The Balaban J connectivity index is 1.98. The molecule has 0 aliphatic carbocycles. The predicted octanol–water partition coefficient (Wildman–Crippen LogP) is 3.16. The summed E-state index contributed by atoms with van der Waals surface area (Å²) in [5.74, 6) is 0. The van der Waals surface area contributed by atoms with Crippen molar-refractivity contribution in [3.63, 3.8) is 0 Å². The monoisotopic (exact) mass is 266 g/mol. The molecule has 1 saturated heterocycles. The van der Waals surface area contributed by atoms with E-state index in [2.05, 4.69) is 43.1 Å². The molecule has 1 aromatic carbocycles. The Morgan fingerprint density at radius 3 is 2.83 bits per heavy atom. The number of nitrogens with one attached hydrogen (secondary N) is 1. The van der Waals surface area contributed by atoms with Gasteiger partial charge in [-0.15, -0.1) is 0 Å². The second-order valence-electron chi connectivity index (χ2n) is 6.24. The molecule has 1 aliphatic rings. The molecule has 1 aliphatic heterocycles. The second kappa shape index (κ2) is 5.60. The van der Waals surface area contributed by atoms with Gasteiger partial charge in [0, 0.05) is 37.2 Å². The molecule has 0 aromatic heterocycles. The van der Waals surface area contributed by atoms with E-state index in [-0.39, 0.29) is 0 Å². The maximum Gasteiger partial charge on any atom is 0.0409 e. The molecule has 3 heteroatoms. The van der Waals surface area contributed by atoms with E-state index in [1.807, 2.05) is 12.1 Å². The standard InChI is InChI=1S/C15H23ClN2/c1-15(2,3)14-11-18(8-7-17-14)10-12-5-4-6-13(16)9-12/h4-6,9,14,17H,7-8,10-11H2,1-3H3. The van der Waals surface area contributed by atoms with Gasteiger partial charge >= 0.3 is 0 Å². The van der Waals surface area contributed by atoms with Crippen LogP contribution in [0.2, 0.25) is 5.02 Å². The molecule has 1 unspecified atom stereocenters. The zero-order valence-electron chi connectivity index (χ0n) is 11.5. The molecule has 0 amide bonds. The number of hydrogen-bond acceptors (Lipinski definition) is 2. The Labute approximate surface area is 115 Å². The minimum absolute atomic E-state index is 0.313. The number of hydrogen-bond donors (Lipinski definition) is 1. The first-order valence-electron chi connectivity index (χ1n) is 6.65. The number of nitrogens with zero attached hydrogens (tertiary/aromatic N) is 1. The van der Waals surface area contributed by atoms with Crippen LogP contribution in [-0.2, 0) is 6.54 Å². The van der Waals surface area contributed by atoms with E-state index in [1.54, 1.807) is 0 Å². The molecular weight excluding hydrogens is 244 g/mol. The van der Waals surface area contributed by atoms with Crippen LogP contribution in [0.15, 0.2) is 24.3 Å². The van der Waals surface area contributed by atoms with Gasteiger partial charge in [0.15, 0.2) is 0 Å². The normalized spacial score (nSPS) is 22.1. The van der Waals surface area contributed by atoms with Crippen molar-refractivity contribution in [3.05, 3.63) is 34.9 Å². The highest BCUT2D eigenvalue weighted by molar-refractivity contribution is 6.30. The number of benzene rings is 1. The summed E-state index contributed by atoms with van der Waals surface area (Å²) >= 11 is 6.03. The van der Waals surface area contributed by atoms with Crippen molar-refractivity contribution in [2.75, 3.05) is 19.6 Å². The third kappa shape index (κ3) is 3.71. The minimum Gasteiger partial charge on any atom is -0.311 e. The highest BCUT2D eigenvalue weighted by Crippen LogP contribution is 2.22. The molecule has 100 valence electrons. The van der Waals surface area contributed by atoms with Crippen molar-refractivity contribution < 1.29 is 0 Å². The van der Waals surface area contributed by atoms with Crippen molar-refractivity contribution in [1.29, 1.82) is 0 Å². The summed E-state index contributed by atoms with van der Waals surface area (Å²) < 4.78 is 0. The number of rotatable bonds is 2. The lowest BCUT2D eigenvalue weighted by atomic mass is 9.85. The fraction of sp³-hybridized carbons (Fsp3) is 0.600. The van der Waals surface area contributed by atoms with Crippen LogP contribution in [0.5, 0.6) is 0 Å². The van der Waals surface area contributed by atoms with Gasteiger partial charge in [-0.25, -0.2) is 0 Å². The molecular formula is C15H23ClN2. The van der Waals surface area contributed by atoms with E-state index in [1.165, 1.54) is 5.56 Å². The van der Waals surface area contributed by atoms with E-state index in [0.717, 1.165) is 31.2 Å². The van der Waals surface area contributed by atoms with E-state index < -0.39 is 0 Å². The molecule has 2 nitrogen and oxygen atoms in total. The Morgan fingerprint density at radius 1 is 1.39 bits per heavy atom. The number of piperazine rings is 1. The van der Waals surface area contributed by atoms with Gasteiger partial charge < -0.3 is 5.32 Å². The highest BCUT2D eigenvalue weighted by atomic mass is 35.5. The molecule has 0 saturated carbocycles. The van der Waals surface area contributed by atoms with Crippen LogP contribution in [0.4, 0.5) is 0 Å². The third-order valence-corrected chi connectivity index (χ3v) is 3.84. The van der Waals surface area contributed by atoms with E-state index >= 15 is 0 Å². The van der Waals surface area contributed by atoms with Crippen LogP contribution in [0.1, 0.15) is 26.3 Å². The fourth-order valence-electron chi connectivity index (χ4n) is 2.43. The molecule has 1 atom stereocenters. The van der Waals surface area contributed by atoms with Gasteiger partial charge in [0.1, 0.15) is 0 Å². The van der Waals surface area contributed by atoms with Crippen LogP contribution in [0.3, 0.4) is 0 Å². The number of halogens is 1. The van der Waals surface area contributed by atoms with Gasteiger partial charge in [-0.05, 0) is 23.1 Å². The van der Waals surface area contributed by atoms with Crippen LogP contribution >= 0.6 is 11.6 Å². The minimum atomic E-state index is 0.313. The van der Waals surface area contributed by atoms with Gasteiger partial charge in [-0.1, -0.05) is 44.5 Å². The van der Waals surface area contributed by atoms with Crippen LogP contribution in [0.25, 0.3) is 0 Å². The Hall–Kier alpha value is -0.570. The largest absolute Gasteiger partial charge is 0.311 e. The Bertz CT molecular complexity index is 398. The van der Waals surface area contributed by atoms with Crippen molar-refractivity contribution in [2.24, 2.45) is 5.41 Å². The molecule has 2 rings (SSSR count). The van der Waals surface area contributed by atoms with Gasteiger partial charge in [0.05, 0.1) is 0 Å². The molecule has 1 aromatic rings. The van der Waals surface area contributed by atoms with Crippen LogP contribution < -0.4 is 5.32 Å². The summed E-state index contributed by atoms with van der Waals surface area (Å²) in [7, 11) is 0. The molecule has 1 heterocycles. The average molecular weight is 267 g/mol. The summed E-state index contributed by atoms with van der Waals surface area (Å²) in [6.07, 6.45) is 0. The predicted molar refractivity (Wildman–Crippen MR) is 78.0 cm³/mol. The van der Waals surface area contributed by atoms with Gasteiger partial charge in [0.25, 0.3) is 0 Å². The SMILES string of the molecule is CC(C)(C)C1CN(Cc2cccc(Cl)c2)CCN1. The third-order valence-electron chi connectivity index (χ3n) is 3.60. The Morgan fingerprint density at radius 2 is 2.17 bits per heavy atom. The molecule has 0 bridgehead atoms.